The molecule has 0 spiro atoms. The Morgan fingerprint density at radius 1 is 0.970 bits per heavy atom. The summed E-state index contributed by atoms with van der Waals surface area (Å²) in [6.07, 6.45) is 1.44. The number of carbonyl (C=O) groups excluding carboxylic acids is 2. The standard InChI is InChI=1S/C26H21F2N3O2/c1-17-9-12-20(16-29-17)26(2)15-23(32)31(25(33)30(26)3)24-21(27)13-19(14-22(24)28)11-10-18-7-5-4-6-8-18/h4-9,12-14,16H,15H2,1-3H3. The highest BCUT2D eigenvalue weighted by Crippen LogP contribution is 2.38. The maximum atomic E-state index is 15.0. The molecule has 5 nitrogen and oxygen atoms in total. The largest absolute Gasteiger partial charge is 0.332 e. The number of aryl methyl sites for hydroxylation is 1. The first-order chi connectivity index (χ1) is 15.7. The van der Waals surface area contributed by atoms with E-state index in [0.29, 0.717) is 16.0 Å². The average molecular weight is 445 g/mol. The molecule has 1 aliphatic rings. The number of urea groups is 1. The number of rotatable bonds is 2. The van der Waals surface area contributed by atoms with E-state index in [9.17, 15) is 18.4 Å². The Morgan fingerprint density at radius 2 is 1.61 bits per heavy atom. The van der Waals surface area contributed by atoms with Gasteiger partial charge in [0.15, 0.2) is 11.6 Å². The fraction of sp³-hybridized carbons (Fsp3) is 0.192. The molecule has 1 aliphatic heterocycles. The van der Waals surface area contributed by atoms with Gasteiger partial charge in [-0.2, -0.15) is 0 Å². The van der Waals surface area contributed by atoms with E-state index >= 15 is 0 Å². The first kappa shape index (κ1) is 22.2. The minimum Gasteiger partial charge on any atom is -0.317 e. The van der Waals surface area contributed by atoms with Gasteiger partial charge in [0.2, 0.25) is 5.91 Å². The second-order valence-electron chi connectivity index (χ2n) is 8.11. The van der Waals surface area contributed by atoms with Crippen LogP contribution in [0.25, 0.3) is 0 Å². The number of carbonyl (C=O) groups is 2. The predicted octanol–water partition coefficient (Wildman–Crippen LogP) is 4.77. The number of nitrogens with zero attached hydrogens (tertiary/aromatic N) is 3. The minimum absolute atomic E-state index is 0.0958. The molecule has 1 unspecified atom stereocenters. The molecule has 3 amide bonds. The van der Waals surface area contributed by atoms with Crippen LogP contribution in [0.1, 0.15) is 35.7 Å². The maximum Gasteiger partial charge on any atom is 0.332 e. The van der Waals surface area contributed by atoms with Gasteiger partial charge in [0, 0.05) is 30.1 Å². The Kier molecular flexibility index (Phi) is 5.69. The minimum atomic E-state index is -1.04. The quantitative estimate of drug-likeness (QED) is 0.534. The van der Waals surface area contributed by atoms with Crippen LogP contribution in [0.4, 0.5) is 19.3 Å². The predicted molar refractivity (Wildman–Crippen MR) is 120 cm³/mol. The molecule has 4 rings (SSSR count). The van der Waals surface area contributed by atoms with E-state index in [-0.39, 0.29) is 12.0 Å². The zero-order chi connectivity index (χ0) is 23.8. The van der Waals surface area contributed by atoms with Gasteiger partial charge in [-0.25, -0.2) is 18.5 Å². The second kappa shape index (κ2) is 8.47. The molecule has 166 valence electrons. The van der Waals surface area contributed by atoms with Crippen LogP contribution >= 0.6 is 0 Å². The van der Waals surface area contributed by atoms with Crippen LogP contribution in [0.15, 0.2) is 60.8 Å². The fourth-order valence-electron chi connectivity index (χ4n) is 3.78. The van der Waals surface area contributed by atoms with Crippen LogP contribution < -0.4 is 4.90 Å². The lowest BCUT2D eigenvalue weighted by molar-refractivity contribution is -0.122. The van der Waals surface area contributed by atoms with Crippen LogP contribution in [-0.2, 0) is 10.3 Å². The first-order valence-corrected chi connectivity index (χ1v) is 10.3. The van der Waals surface area contributed by atoms with Gasteiger partial charge in [-0.3, -0.25) is 9.78 Å². The van der Waals surface area contributed by atoms with Crippen molar-refractivity contribution in [2.45, 2.75) is 25.8 Å². The Labute approximate surface area is 190 Å². The van der Waals surface area contributed by atoms with Crippen molar-refractivity contribution < 1.29 is 18.4 Å². The second-order valence-corrected chi connectivity index (χ2v) is 8.11. The Balaban J connectivity index is 1.67. The van der Waals surface area contributed by atoms with Crippen LogP contribution in [0, 0.1) is 30.4 Å². The summed E-state index contributed by atoms with van der Waals surface area (Å²) in [4.78, 5) is 32.3. The van der Waals surface area contributed by atoms with Gasteiger partial charge < -0.3 is 4.90 Å². The molecular formula is C26H21F2N3O2. The van der Waals surface area contributed by atoms with Crippen molar-refractivity contribution in [3.05, 3.63) is 94.8 Å². The SMILES string of the molecule is Cc1ccc(C2(C)CC(=O)N(c3c(F)cc(C#Cc4ccccc4)cc3F)C(=O)N2C)cn1. The average Bonchev–Trinajstić information content (AvgIpc) is 2.79. The number of hydrogen-bond acceptors (Lipinski definition) is 3. The number of halogens is 2. The summed E-state index contributed by atoms with van der Waals surface area (Å²) in [6, 6.07) is 13.8. The maximum absolute atomic E-state index is 15.0. The third-order valence-corrected chi connectivity index (χ3v) is 5.86. The number of hydrogen-bond donors (Lipinski definition) is 0. The molecule has 1 atom stereocenters. The number of aromatic nitrogens is 1. The van der Waals surface area contributed by atoms with Gasteiger partial charge in [0.05, 0.1) is 12.0 Å². The van der Waals surface area contributed by atoms with E-state index in [1.165, 1.54) is 11.9 Å². The molecule has 7 heteroatoms. The van der Waals surface area contributed by atoms with Crippen LogP contribution in [-0.4, -0.2) is 28.9 Å². The van der Waals surface area contributed by atoms with Crippen molar-refractivity contribution in [1.82, 2.24) is 9.88 Å². The molecule has 0 saturated carbocycles. The number of benzene rings is 2. The molecule has 0 bridgehead atoms. The summed E-state index contributed by atoms with van der Waals surface area (Å²) < 4.78 is 29.9. The third kappa shape index (κ3) is 4.08. The van der Waals surface area contributed by atoms with E-state index in [1.54, 1.807) is 49.5 Å². The number of anilines is 1. The highest BCUT2D eigenvalue weighted by atomic mass is 19.1. The smallest absolute Gasteiger partial charge is 0.317 e. The first-order valence-electron chi connectivity index (χ1n) is 10.3. The summed E-state index contributed by atoms with van der Waals surface area (Å²) >= 11 is 0. The molecule has 0 radical (unpaired) electrons. The van der Waals surface area contributed by atoms with Gasteiger partial charge in [0.25, 0.3) is 0 Å². The Morgan fingerprint density at radius 3 is 2.21 bits per heavy atom. The normalized spacial score (nSPS) is 18.2. The molecule has 1 saturated heterocycles. The zero-order valence-electron chi connectivity index (χ0n) is 18.4. The molecule has 0 aliphatic carbocycles. The summed E-state index contributed by atoms with van der Waals surface area (Å²) in [5.74, 6) is 2.75. The van der Waals surface area contributed by atoms with Crippen LogP contribution in [0.2, 0.25) is 0 Å². The van der Waals surface area contributed by atoms with Gasteiger partial charge in [0.1, 0.15) is 5.69 Å². The lowest BCUT2D eigenvalue weighted by atomic mass is 9.85. The molecule has 2 aromatic carbocycles. The van der Waals surface area contributed by atoms with Crippen molar-refractivity contribution >= 4 is 17.6 Å². The van der Waals surface area contributed by atoms with E-state index in [0.717, 1.165) is 17.8 Å². The molecule has 2 heterocycles. The molecule has 1 fully saturated rings. The van der Waals surface area contributed by atoms with Gasteiger partial charge in [-0.1, -0.05) is 36.1 Å². The van der Waals surface area contributed by atoms with Crippen molar-refractivity contribution in [2.75, 3.05) is 11.9 Å². The molecule has 1 aromatic heterocycles. The Hall–Kier alpha value is -4.05. The molecule has 0 N–H and O–H groups in total. The van der Waals surface area contributed by atoms with Gasteiger partial charge >= 0.3 is 6.03 Å². The van der Waals surface area contributed by atoms with Crippen LogP contribution in [0.5, 0.6) is 0 Å². The zero-order valence-corrected chi connectivity index (χ0v) is 18.4. The van der Waals surface area contributed by atoms with Crippen molar-refractivity contribution in [3.8, 4) is 11.8 Å². The van der Waals surface area contributed by atoms with Crippen LogP contribution in [0.3, 0.4) is 0 Å². The van der Waals surface area contributed by atoms with E-state index in [1.807, 2.05) is 13.0 Å². The van der Waals surface area contributed by atoms with E-state index < -0.39 is 34.8 Å². The topological polar surface area (TPSA) is 53.5 Å². The lowest BCUT2D eigenvalue weighted by Gasteiger charge is -2.45. The van der Waals surface area contributed by atoms with E-state index in [2.05, 4.69) is 16.8 Å². The van der Waals surface area contributed by atoms with Crippen molar-refractivity contribution in [1.29, 1.82) is 0 Å². The van der Waals surface area contributed by atoms with Crippen molar-refractivity contribution in [3.63, 3.8) is 0 Å². The number of pyridine rings is 1. The number of amides is 3. The third-order valence-electron chi connectivity index (χ3n) is 5.86. The summed E-state index contributed by atoms with van der Waals surface area (Å²) in [7, 11) is 1.50. The molecular weight excluding hydrogens is 424 g/mol. The summed E-state index contributed by atoms with van der Waals surface area (Å²) in [5, 5.41) is 0. The summed E-state index contributed by atoms with van der Waals surface area (Å²) in [6.45, 7) is 3.55. The highest BCUT2D eigenvalue weighted by molar-refractivity contribution is 6.16. The van der Waals surface area contributed by atoms with Gasteiger partial charge in [-0.15, -0.1) is 0 Å². The van der Waals surface area contributed by atoms with Gasteiger partial charge in [-0.05, 0) is 49.7 Å². The lowest BCUT2D eigenvalue weighted by Crippen LogP contribution is -2.60. The van der Waals surface area contributed by atoms with E-state index in [4.69, 9.17) is 0 Å². The molecule has 3 aromatic rings. The monoisotopic (exact) mass is 445 g/mol. The highest BCUT2D eigenvalue weighted by Gasteiger charge is 2.47. The van der Waals surface area contributed by atoms with Crippen molar-refractivity contribution in [2.24, 2.45) is 0 Å². The Bertz CT molecular complexity index is 1270. The number of imide groups is 1. The summed E-state index contributed by atoms with van der Waals surface area (Å²) in [5.41, 5.74) is 0.531. The molecule has 33 heavy (non-hydrogen) atoms. The fourth-order valence-corrected chi connectivity index (χ4v) is 3.78.